The summed E-state index contributed by atoms with van der Waals surface area (Å²) in [5, 5.41) is 6.38. The van der Waals surface area contributed by atoms with E-state index in [1.54, 1.807) is 0 Å². The summed E-state index contributed by atoms with van der Waals surface area (Å²) in [5.41, 5.74) is 0.819. The number of amides is 1. The van der Waals surface area contributed by atoms with Crippen LogP contribution in [0, 0.1) is 11.8 Å². The number of halogens is 2. The normalized spacial score (nSPS) is 25.7. The average Bonchev–Trinajstić information content (AvgIpc) is 2.93. The van der Waals surface area contributed by atoms with E-state index in [-0.39, 0.29) is 5.91 Å². The Kier molecular flexibility index (Phi) is 4.45. The number of fused-ring (bicyclic) bond motifs is 1. The fourth-order valence-corrected chi connectivity index (χ4v) is 4.21. The SMILES string of the molecule is O=C(CN1CC2CNCC2C1)Nc1ccc(Br)cc1Br. The zero-order valence-electron chi connectivity index (χ0n) is 11.0. The number of likely N-dealkylation sites (tertiary alicyclic amines) is 1. The highest BCUT2D eigenvalue weighted by atomic mass is 79.9. The molecule has 4 nitrogen and oxygen atoms in total. The van der Waals surface area contributed by atoms with Gasteiger partial charge in [0.2, 0.25) is 5.91 Å². The second-order valence-electron chi connectivity index (χ2n) is 5.54. The Hall–Kier alpha value is -0.430. The van der Waals surface area contributed by atoms with Gasteiger partial charge in [0.05, 0.1) is 12.2 Å². The minimum absolute atomic E-state index is 0.0564. The van der Waals surface area contributed by atoms with Crippen molar-refractivity contribution in [1.82, 2.24) is 10.2 Å². The first-order chi connectivity index (χ1) is 9.61. The molecule has 2 fully saturated rings. The summed E-state index contributed by atoms with van der Waals surface area (Å²) in [7, 11) is 0. The highest BCUT2D eigenvalue weighted by molar-refractivity contribution is 9.11. The molecule has 0 aliphatic carbocycles. The van der Waals surface area contributed by atoms with Gasteiger partial charge in [-0.15, -0.1) is 0 Å². The fraction of sp³-hybridized carbons (Fsp3) is 0.500. The number of carbonyl (C=O) groups is 1. The third-order valence-corrected chi connectivity index (χ3v) is 5.19. The lowest BCUT2D eigenvalue weighted by Gasteiger charge is -2.16. The maximum absolute atomic E-state index is 12.1. The van der Waals surface area contributed by atoms with Crippen LogP contribution in [0.25, 0.3) is 0 Å². The molecule has 108 valence electrons. The summed E-state index contributed by atoms with van der Waals surface area (Å²) in [6.07, 6.45) is 0. The van der Waals surface area contributed by atoms with Crippen LogP contribution in [0.15, 0.2) is 27.1 Å². The Labute approximate surface area is 135 Å². The molecule has 1 aromatic carbocycles. The summed E-state index contributed by atoms with van der Waals surface area (Å²) in [5.74, 6) is 1.50. The van der Waals surface area contributed by atoms with Crippen molar-refractivity contribution in [3.63, 3.8) is 0 Å². The van der Waals surface area contributed by atoms with Crippen LogP contribution in [0.5, 0.6) is 0 Å². The molecule has 1 amide bonds. The number of nitrogens with zero attached hydrogens (tertiary/aromatic N) is 1. The molecule has 3 rings (SSSR count). The Morgan fingerprint density at radius 2 is 2.00 bits per heavy atom. The third kappa shape index (κ3) is 3.24. The number of benzene rings is 1. The van der Waals surface area contributed by atoms with E-state index >= 15 is 0 Å². The summed E-state index contributed by atoms with van der Waals surface area (Å²) in [4.78, 5) is 14.4. The molecule has 0 spiro atoms. The minimum atomic E-state index is 0.0564. The first-order valence-electron chi connectivity index (χ1n) is 6.80. The van der Waals surface area contributed by atoms with Gasteiger partial charge in [0, 0.05) is 22.0 Å². The molecule has 0 aromatic heterocycles. The highest BCUT2D eigenvalue weighted by Gasteiger charge is 2.36. The van der Waals surface area contributed by atoms with Gasteiger partial charge in [-0.05, 0) is 59.1 Å². The van der Waals surface area contributed by atoms with Gasteiger partial charge < -0.3 is 10.6 Å². The van der Waals surface area contributed by atoms with Gasteiger partial charge in [-0.25, -0.2) is 0 Å². The minimum Gasteiger partial charge on any atom is -0.324 e. The molecule has 0 bridgehead atoms. The molecular formula is C14H17Br2N3O. The van der Waals surface area contributed by atoms with Crippen molar-refractivity contribution in [3.05, 3.63) is 27.1 Å². The van der Waals surface area contributed by atoms with Gasteiger partial charge in [0.15, 0.2) is 0 Å². The van der Waals surface area contributed by atoms with Crippen molar-refractivity contribution in [1.29, 1.82) is 0 Å². The molecular weight excluding hydrogens is 386 g/mol. The molecule has 2 saturated heterocycles. The maximum atomic E-state index is 12.1. The van der Waals surface area contributed by atoms with Gasteiger partial charge in [-0.3, -0.25) is 9.69 Å². The van der Waals surface area contributed by atoms with E-state index in [1.807, 2.05) is 18.2 Å². The van der Waals surface area contributed by atoms with Crippen LogP contribution in [-0.2, 0) is 4.79 Å². The molecule has 2 aliphatic rings. The molecule has 20 heavy (non-hydrogen) atoms. The van der Waals surface area contributed by atoms with E-state index in [4.69, 9.17) is 0 Å². The van der Waals surface area contributed by atoms with Crippen LogP contribution in [0.4, 0.5) is 5.69 Å². The number of hydrogen-bond donors (Lipinski definition) is 2. The maximum Gasteiger partial charge on any atom is 0.238 e. The number of rotatable bonds is 3. The molecule has 2 unspecified atom stereocenters. The van der Waals surface area contributed by atoms with Crippen LogP contribution in [0.3, 0.4) is 0 Å². The number of anilines is 1. The largest absolute Gasteiger partial charge is 0.324 e. The van der Waals surface area contributed by atoms with Crippen molar-refractivity contribution in [2.75, 3.05) is 38.0 Å². The molecule has 2 N–H and O–H groups in total. The Morgan fingerprint density at radius 1 is 1.30 bits per heavy atom. The first-order valence-corrected chi connectivity index (χ1v) is 8.38. The second-order valence-corrected chi connectivity index (χ2v) is 7.31. The average molecular weight is 403 g/mol. The molecule has 2 heterocycles. The lowest BCUT2D eigenvalue weighted by molar-refractivity contribution is -0.117. The summed E-state index contributed by atoms with van der Waals surface area (Å²) < 4.78 is 1.88. The van der Waals surface area contributed by atoms with Crippen molar-refractivity contribution in [3.8, 4) is 0 Å². The molecule has 6 heteroatoms. The highest BCUT2D eigenvalue weighted by Crippen LogP contribution is 2.27. The van der Waals surface area contributed by atoms with Crippen molar-refractivity contribution in [2.45, 2.75) is 0 Å². The Morgan fingerprint density at radius 3 is 2.65 bits per heavy atom. The van der Waals surface area contributed by atoms with Crippen molar-refractivity contribution in [2.24, 2.45) is 11.8 Å². The summed E-state index contributed by atoms with van der Waals surface area (Å²) >= 11 is 6.87. The topological polar surface area (TPSA) is 44.4 Å². The zero-order valence-corrected chi connectivity index (χ0v) is 14.2. The Bertz CT molecular complexity index is 511. The molecule has 0 saturated carbocycles. The van der Waals surface area contributed by atoms with Gasteiger partial charge in [-0.2, -0.15) is 0 Å². The third-order valence-electron chi connectivity index (χ3n) is 4.04. The molecule has 2 aliphatic heterocycles. The fourth-order valence-electron chi connectivity index (χ4n) is 3.07. The molecule has 1 aromatic rings. The van der Waals surface area contributed by atoms with Crippen molar-refractivity contribution < 1.29 is 4.79 Å². The quantitative estimate of drug-likeness (QED) is 0.815. The zero-order chi connectivity index (χ0) is 14.1. The first kappa shape index (κ1) is 14.5. The van der Waals surface area contributed by atoms with Gasteiger partial charge in [0.25, 0.3) is 0 Å². The molecule has 0 radical (unpaired) electrons. The smallest absolute Gasteiger partial charge is 0.238 e. The lowest BCUT2D eigenvalue weighted by atomic mass is 10.0. The lowest BCUT2D eigenvalue weighted by Crippen LogP contribution is -2.33. The van der Waals surface area contributed by atoms with Gasteiger partial charge >= 0.3 is 0 Å². The van der Waals surface area contributed by atoms with Crippen LogP contribution < -0.4 is 10.6 Å². The van der Waals surface area contributed by atoms with E-state index in [0.717, 1.165) is 52.6 Å². The van der Waals surface area contributed by atoms with Gasteiger partial charge in [-0.1, -0.05) is 15.9 Å². The van der Waals surface area contributed by atoms with E-state index in [9.17, 15) is 4.79 Å². The van der Waals surface area contributed by atoms with Crippen LogP contribution >= 0.6 is 31.9 Å². The predicted octanol–water partition coefficient (Wildman–Crippen LogP) is 2.30. The monoisotopic (exact) mass is 401 g/mol. The van der Waals surface area contributed by atoms with E-state index in [0.29, 0.717) is 6.54 Å². The van der Waals surface area contributed by atoms with Crippen molar-refractivity contribution >= 4 is 43.5 Å². The second kappa shape index (κ2) is 6.13. The van der Waals surface area contributed by atoms with Crippen LogP contribution in [0.2, 0.25) is 0 Å². The standard InChI is InChI=1S/C14H17Br2N3O/c15-11-1-2-13(12(16)3-11)18-14(20)8-19-6-9-4-17-5-10(9)7-19/h1-3,9-10,17H,4-8H2,(H,18,20). The van der Waals surface area contributed by atoms with E-state index in [2.05, 4.69) is 47.4 Å². The predicted molar refractivity (Wildman–Crippen MR) is 86.8 cm³/mol. The summed E-state index contributed by atoms with van der Waals surface area (Å²) in [6.45, 7) is 4.75. The van der Waals surface area contributed by atoms with E-state index < -0.39 is 0 Å². The number of hydrogen-bond acceptors (Lipinski definition) is 3. The Balaban J connectivity index is 1.55. The number of carbonyl (C=O) groups excluding carboxylic acids is 1. The van der Waals surface area contributed by atoms with Crippen LogP contribution in [-0.4, -0.2) is 43.5 Å². The van der Waals surface area contributed by atoms with E-state index in [1.165, 1.54) is 0 Å². The summed E-state index contributed by atoms with van der Waals surface area (Å²) in [6, 6.07) is 5.75. The van der Waals surface area contributed by atoms with Crippen LogP contribution in [0.1, 0.15) is 0 Å². The number of nitrogens with one attached hydrogen (secondary N) is 2. The molecule has 2 atom stereocenters. The van der Waals surface area contributed by atoms with Gasteiger partial charge in [0.1, 0.15) is 0 Å².